The van der Waals surface area contributed by atoms with Crippen LogP contribution in [0.3, 0.4) is 0 Å². The lowest BCUT2D eigenvalue weighted by atomic mass is 10.1. The van der Waals surface area contributed by atoms with Crippen molar-refractivity contribution in [3.8, 4) is 0 Å². The van der Waals surface area contributed by atoms with Gasteiger partial charge in [0.05, 0.1) is 0 Å². The second kappa shape index (κ2) is 4.98. The molecule has 1 N–H and O–H groups in total. The number of fused-ring (bicyclic) bond motifs is 1. The van der Waals surface area contributed by atoms with Gasteiger partial charge in [-0.1, -0.05) is 24.3 Å². The molecule has 1 aromatic carbocycles. The highest BCUT2D eigenvalue weighted by Crippen LogP contribution is 2.21. The van der Waals surface area contributed by atoms with Gasteiger partial charge in [0.25, 0.3) is 0 Å². The van der Waals surface area contributed by atoms with Gasteiger partial charge < -0.3 is 10.2 Å². The summed E-state index contributed by atoms with van der Waals surface area (Å²) in [5.74, 6) is 0. The van der Waals surface area contributed by atoms with E-state index in [1.54, 1.807) is 0 Å². The lowest BCUT2D eigenvalue weighted by molar-refractivity contribution is 0.330. The van der Waals surface area contributed by atoms with Gasteiger partial charge in [0, 0.05) is 18.6 Å². The molecule has 0 aliphatic heterocycles. The maximum absolute atomic E-state index is 3.72. The molecule has 0 spiro atoms. The van der Waals surface area contributed by atoms with Gasteiger partial charge in [-0.15, -0.1) is 0 Å². The Morgan fingerprint density at radius 3 is 2.31 bits per heavy atom. The van der Waals surface area contributed by atoms with Gasteiger partial charge in [-0.3, -0.25) is 0 Å². The van der Waals surface area contributed by atoms with E-state index in [-0.39, 0.29) is 0 Å². The SMILES string of the molecule is CC(CN(C)C)NC1Cc2ccccc2C1. The van der Waals surface area contributed by atoms with Crippen LogP contribution in [0.25, 0.3) is 0 Å². The second-order valence-corrected chi connectivity index (χ2v) is 5.20. The third-order valence-corrected chi connectivity index (χ3v) is 3.21. The Hall–Kier alpha value is -0.860. The largest absolute Gasteiger partial charge is 0.310 e. The molecule has 0 saturated heterocycles. The number of hydrogen-bond donors (Lipinski definition) is 1. The van der Waals surface area contributed by atoms with Crippen LogP contribution in [0, 0.1) is 0 Å². The van der Waals surface area contributed by atoms with Crippen LogP contribution in [0.2, 0.25) is 0 Å². The zero-order valence-corrected chi connectivity index (χ0v) is 10.5. The van der Waals surface area contributed by atoms with Crippen molar-refractivity contribution in [1.29, 1.82) is 0 Å². The van der Waals surface area contributed by atoms with E-state index in [2.05, 4.69) is 55.5 Å². The standard InChI is InChI=1S/C14H22N2/c1-11(10-16(2)3)15-14-8-12-6-4-5-7-13(12)9-14/h4-7,11,14-15H,8-10H2,1-3H3. The van der Waals surface area contributed by atoms with E-state index in [1.165, 1.54) is 24.0 Å². The molecule has 2 nitrogen and oxygen atoms in total. The minimum atomic E-state index is 0.564. The van der Waals surface area contributed by atoms with E-state index in [0.717, 1.165) is 6.54 Å². The van der Waals surface area contributed by atoms with Gasteiger partial charge in [-0.25, -0.2) is 0 Å². The van der Waals surface area contributed by atoms with Crippen molar-refractivity contribution in [3.63, 3.8) is 0 Å². The molecular formula is C14H22N2. The molecule has 0 saturated carbocycles. The van der Waals surface area contributed by atoms with Crippen LogP contribution < -0.4 is 5.32 Å². The molecule has 1 aromatic rings. The molecule has 16 heavy (non-hydrogen) atoms. The van der Waals surface area contributed by atoms with E-state index >= 15 is 0 Å². The molecular weight excluding hydrogens is 196 g/mol. The van der Waals surface area contributed by atoms with Gasteiger partial charge in [0.1, 0.15) is 0 Å². The molecule has 2 heteroatoms. The number of nitrogens with one attached hydrogen (secondary N) is 1. The van der Waals surface area contributed by atoms with Crippen molar-refractivity contribution in [2.75, 3.05) is 20.6 Å². The van der Waals surface area contributed by atoms with Crippen LogP contribution in [-0.4, -0.2) is 37.6 Å². The topological polar surface area (TPSA) is 15.3 Å². The number of rotatable bonds is 4. The molecule has 88 valence electrons. The Labute approximate surface area is 98.7 Å². The molecule has 0 aromatic heterocycles. The van der Waals surface area contributed by atoms with E-state index in [1.807, 2.05) is 0 Å². The lowest BCUT2D eigenvalue weighted by Gasteiger charge is -2.22. The second-order valence-electron chi connectivity index (χ2n) is 5.20. The normalized spacial score (nSPS) is 17.8. The Balaban J connectivity index is 1.87. The third-order valence-electron chi connectivity index (χ3n) is 3.21. The van der Waals surface area contributed by atoms with Crippen molar-refractivity contribution in [1.82, 2.24) is 10.2 Å². The fourth-order valence-electron chi connectivity index (χ4n) is 2.68. The summed E-state index contributed by atoms with van der Waals surface area (Å²) in [5.41, 5.74) is 3.05. The number of nitrogens with zero attached hydrogens (tertiary/aromatic N) is 1. The summed E-state index contributed by atoms with van der Waals surface area (Å²) in [4.78, 5) is 2.24. The summed E-state index contributed by atoms with van der Waals surface area (Å²) in [7, 11) is 4.25. The Bertz CT molecular complexity index is 321. The van der Waals surface area contributed by atoms with Gasteiger partial charge in [0.15, 0.2) is 0 Å². The smallest absolute Gasteiger partial charge is 0.0169 e. The van der Waals surface area contributed by atoms with Crippen LogP contribution in [0.1, 0.15) is 18.1 Å². The Morgan fingerprint density at radius 1 is 1.25 bits per heavy atom. The predicted octanol–water partition coefficient (Wildman–Crippen LogP) is 1.69. The minimum absolute atomic E-state index is 0.564. The number of likely N-dealkylation sites (N-methyl/N-ethyl adjacent to an activating group) is 1. The first-order chi connectivity index (χ1) is 7.65. The molecule has 0 bridgehead atoms. The van der Waals surface area contributed by atoms with Crippen molar-refractivity contribution in [3.05, 3.63) is 35.4 Å². The monoisotopic (exact) mass is 218 g/mol. The number of hydrogen-bond acceptors (Lipinski definition) is 2. The van der Waals surface area contributed by atoms with Crippen molar-refractivity contribution in [2.45, 2.75) is 31.8 Å². The first-order valence-electron chi connectivity index (χ1n) is 6.12. The molecule has 0 amide bonds. The maximum Gasteiger partial charge on any atom is 0.0169 e. The van der Waals surface area contributed by atoms with Gasteiger partial charge in [0.2, 0.25) is 0 Å². The van der Waals surface area contributed by atoms with Crippen LogP contribution in [0.15, 0.2) is 24.3 Å². The molecule has 1 aliphatic carbocycles. The molecule has 2 rings (SSSR count). The Morgan fingerprint density at radius 2 is 1.81 bits per heavy atom. The average molecular weight is 218 g/mol. The molecule has 0 fully saturated rings. The van der Waals surface area contributed by atoms with Gasteiger partial charge in [-0.2, -0.15) is 0 Å². The predicted molar refractivity (Wildman–Crippen MR) is 68.8 cm³/mol. The van der Waals surface area contributed by atoms with Crippen LogP contribution >= 0.6 is 0 Å². The molecule has 0 heterocycles. The molecule has 1 atom stereocenters. The highest BCUT2D eigenvalue weighted by atomic mass is 15.1. The zero-order valence-electron chi connectivity index (χ0n) is 10.5. The highest BCUT2D eigenvalue weighted by molar-refractivity contribution is 5.33. The highest BCUT2D eigenvalue weighted by Gasteiger charge is 2.21. The lowest BCUT2D eigenvalue weighted by Crippen LogP contribution is -2.42. The van der Waals surface area contributed by atoms with Crippen molar-refractivity contribution < 1.29 is 0 Å². The van der Waals surface area contributed by atoms with Gasteiger partial charge >= 0.3 is 0 Å². The third kappa shape index (κ3) is 2.83. The maximum atomic E-state index is 3.72. The van der Waals surface area contributed by atoms with Crippen LogP contribution in [0.4, 0.5) is 0 Å². The molecule has 1 unspecified atom stereocenters. The van der Waals surface area contributed by atoms with E-state index in [4.69, 9.17) is 0 Å². The first kappa shape index (κ1) is 11.6. The fourth-order valence-corrected chi connectivity index (χ4v) is 2.68. The zero-order chi connectivity index (χ0) is 11.5. The summed E-state index contributed by atoms with van der Waals surface area (Å²) in [5, 5.41) is 3.72. The fraction of sp³-hybridized carbons (Fsp3) is 0.571. The van der Waals surface area contributed by atoms with E-state index in [0.29, 0.717) is 12.1 Å². The van der Waals surface area contributed by atoms with Crippen molar-refractivity contribution >= 4 is 0 Å². The van der Waals surface area contributed by atoms with E-state index < -0.39 is 0 Å². The summed E-state index contributed by atoms with van der Waals surface area (Å²) >= 11 is 0. The quantitative estimate of drug-likeness (QED) is 0.827. The van der Waals surface area contributed by atoms with Crippen LogP contribution in [0.5, 0.6) is 0 Å². The Kier molecular flexibility index (Phi) is 3.62. The summed E-state index contributed by atoms with van der Waals surface area (Å²) < 4.78 is 0. The molecule has 1 aliphatic rings. The number of benzene rings is 1. The van der Waals surface area contributed by atoms with Gasteiger partial charge in [-0.05, 0) is 45.0 Å². The summed E-state index contributed by atoms with van der Waals surface area (Å²) in [6.45, 7) is 3.37. The molecule has 0 radical (unpaired) electrons. The van der Waals surface area contributed by atoms with Crippen LogP contribution in [-0.2, 0) is 12.8 Å². The summed E-state index contributed by atoms with van der Waals surface area (Å²) in [6.07, 6.45) is 2.38. The van der Waals surface area contributed by atoms with Crippen molar-refractivity contribution in [2.24, 2.45) is 0 Å². The first-order valence-corrected chi connectivity index (χ1v) is 6.12. The average Bonchev–Trinajstić information content (AvgIpc) is 2.57. The minimum Gasteiger partial charge on any atom is -0.310 e. The van der Waals surface area contributed by atoms with E-state index in [9.17, 15) is 0 Å². The summed E-state index contributed by atoms with van der Waals surface area (Å²) in [6, 6.07) is 10.00.